The van der Waals surface area contributed by atoms with Gasteiger partial charge in [-0.1, -0.05) is 40.0 Å². The number of hydrogen-bond acceptors (Lipinski definition) is 1. The second-order valence-corrected chi connectivity index (χ2v) is 7.93. The summed E-state index contributed by atoms with van der Waals surface area (Å²) >= 11 is 7.84. The molecule has 0 radical (unpaired) electrons. The van der Waals surface area contributed by atoms with Crippen LogP contribution in [0.1, 0.15) is 46.5 Å². The summed E-state index contributed by atoms with van der Waals surface area (Å²) in [5.41, 5.74) is 2.65. The summed E-state index contributed by atoms with van der Waals surface area (Å²) in [4.78, 5) is 3.33. The molecule has 0 aliphatic carbocycles. The molecule has 0 fully saturated rings. The Kier molecular flexibility index (Phi) is 5.29. The van der Waals surface area contributed by atoms with E-state index in [1.807, 2.05) is 0 Å². The van der Waals surface area contributed by atoms with E-state index >= 15 is 0 Å². The minimum atomic E-state index is 0.283. The molecule has 0 saturated carbocycles. The van der Waals surface area contributed by atoms with Crippen LogP contribution in [0.4, 0.5) is 0 Å². The summed E-state index contributed by atoms with van der Waals surface area (Å²) in [5.74, 6) is 0. The Balaban J connectivity index is 2.24. The van der Waals surface area contributed by atoms with Crippen LogP contribution in [-0.4, -0.2) is 9.55 Å². The maximum Gasteiger partial charge on any atom is 0.178 e. The van der Waals surface area contributed by atoms with Crippen molar-refractivity contribution in [2.45, 2.75) is 53.0 Å². The molecule has 0 spiro atoms. The zero-order chi connectivity index (χ0) is 14.8. The minimum Gasteiger partial charge on any atom is -0.331 e. The summed E-state index contributed by atoms with van der Waals surface area (Å²) in [7, 11) is 0. The third-order valence-corrected chi connectivity index (χ3v) is 4.77. The molecule has 0 aliphatic rings. The van der Waals surface area contributed by atoms with E-state index in [2.05, 4.69) is 71.1 Å². The van der Waals surface area contributed by atoms with Crippen molar-refractivity contribution in [1.29, 1.82) is 0 Å². The van der Waals surface area contributed by atoms with Gasteiger partial charge in [0.25, 0.3) is 0 Å². The smallest absolute Gasteiger partial charge is 0.178 e. The van der Waals surface area contributed by atoms with Gasteiger partial charge in [-0.25, -0.2) is 0 Å². The fourth-order valence-corrected chi connectivity index (χ4v) is 3.42. The fourth-order valence-electron chi connectivity index (χ4n) is 2.65. The third kappa shape index (κ3) is 3.85. The van der Waals surface area contributed by atoms with Crippen LogP contribution in [0, 0.1) is 13.8 Å². The van der Waals surface area contributed by atoms with Gasteiger partial charge in [-0.15, -0.1) is 0 Å². The Morgan fingerprint density at radius 2 is 2.05 bits per heavy atom. The van der Waals surface area contributed by atoms with Gasteiger partial charge in [-0.2, -0.15) is 0 Å². The van der Waals surface area contributed by atoms with Crippen LogP contribution in [0.25, 0.3) is 11.0 Å². The number of aromatic nitrogens is 2. The van der Waals surface area contributed by atoms with Crippen LogP contribution in [-0.2, 0) is 6.54 Å². The zero-order valence-electron chi connectivity index (χ0n) is 12.5. The van der Waals surface area contributed by atoms with E-state index in [0.717, 1.165) is 16.8 Å². The van der Waals surface area contributed by atoms with Gasteiger partial charge in [-0.3, -0.25) is 0 Å². The Bertz CT molecular complexity index is 639. The van der Waals surface area contributed by atoms with Gasteiger partial charge in [0.2, 0.25) is 0 Å². The summed E-state index contributed by atoms with van der Waals surface area (Å²) in [6, 6.07) is 6.48. The largest absolute Gasteiger partial charge is 0.331 e. The molecule has 4 heteroatoms. The molecule has 20 heavy (non-hydrogen) atoms. The fraction of sp³-hybridized carbons (Fsp3) is 0.562. The van der Waals surface area contributed by atoms with Gasteiger partial charge in [-0.05, 0) is 64.8 Å². The first-order valence-corrected chi connectivity index (χ1v) is 8.80. The molecule has 0 unspecified atom stereocenters. The lowest BCUT2D eigenvalue weighted by Gasteiger charge is -2.25. The van der Waals surface area contributed by atoms with Crippen molar-refractivity contribution in [2.24, 2.45) is 5.41 Å². The van der Waals surface area contributed by atoms with Crippen LogP contribution >= 0.6 is 34.8 Å². The summed E-state index contributed by atoms with van der Waals surface area (Å²) in [6.45, 7) is 7.92. The Labute approximate surface area is 140 Å². The van der Waals surface area contributed by atoms with Crippen molar-refractivity contribution in [3.05, 3.63) is 26.5 Å². The third-order valence-electron chi connectivity index (χ3n) is 3.78. The van der Waals surface area contributed by atoms with Crippen molar-refractivity contribution < 1.29 is 0 Å². The van der Waals surface area contributed by atoms with E-state index in [1.54, 1.807) is 0 Å². The summed E-state index contributed by atoms with van der Waals surface area (Å²) < 4.78 is 4.33. The van der Waals surface area contributed by atoms with Crippen LogP contribution in [0.3, 0.4) is 0 Å². The van der Waals surface area contributed by atoms with Crippen molar-refractivity contribution in [3.8, 4) is 0 Å². The number of benzene rings is 1. The van der Waals surface area contributed by atoms with E-state index in [9.17, 15) is 0 Å². The highest BCUT2D eigenvalue weighted by Crippen LogP contribution is 2.28. The summed E-state index contributed by atoms with van der Waals surface area (Å²) in [5, 5.41) is 0. The number of H-pyrrole nitrogens is 1. The van der Waals surface area contributed by atoms with Gasteiger partial charge < -0.3 is 9.55 Å². The number of imidazole rings is 1. The number of aromatic amines is 1. The maximum absolute atomic E-state index is 5.50. The normalized spacial score (nSPS) is 12.2. The monoisotopic (exact) mass is 402 g/mol. The molecule has 1 heterocycles. The van der Waals surface area contributed by atoms with Crippen LogP contribution in [0.15, 0.2) is 18.2 Å². The van der Waals surface area contributed by atoms with E-state index < -0.39 is 0 Å². The Morgan fingerprint density at radius 1 is 1.30 bits per heavy atom. The summed E-state index contributed by atoms with van der Waals surface area (Å²) in [6.07, 6.45) is 5.15. The first-order chi connectivity index (χ1) is 9.43. The maximum atomic E-state index is 5.50. The molecule has 0 aliphatic heterocycles. The number of hydrogen-bond donors (Lipinski definition) is 1. The number of unbranched alkanes of at least 4 members (excludes halogenated alkanes) is 2. The lowest BCUT2D eigenvalue weighted by Crippen LogP contribution is -2.19. The molecule has 0 saturated heterocycles. The molecular formula is C16H23IN2S. The molecular weight excluding hydrogens is 379 g/mol. The molecule has 2 nitrogen and oxygen atoms in total. The van der Waals surface area contributed by atoms with Gasteiger partial charge >= 0.3 is 0 Å². The first kappa shape index (κ1) is 16.0. The Hall–Kier alpha value is -0.360. The molecule has 110 valence electrons. The predicted octanol–water partition coefficient (Wildman–Crippen LogP) is 5.91. The number of nitrogens with one attached hydrogen (secondary N) is 1. The number of rotatable bonds is 6. The van der Waals surface area contributed by atoms with E-state index in [1.165, 1.54) is 34.8 Å². The highest BCUT2D eigenvalue weighted by atomic mass is 127. The lowest BCUT2D eigenvalue weighted by molar-refractivity contribution is 0.273. The molecule has 2 aromatic rings. The first-order valence-electron chi connectivity index (χ1n) is 7.31. The number of halogens is 1. The average molecular weight is 402 g/mol. The highest BCUT2D eigenvalue weighted by Gasteiger charge is 2.19. The predicted molar refractivity (Wildman–Crippen MR) is 97.8 cm³/mol. The van der Waals surface area contributed by atoms with Gasteiger partial charge in [0, 0.05) is 10.1 Å². The van der Waals surface area contributed by atoms with Gasteiger partial charge in [0.1, 0.15) is 0 Å². The quantitative estimate of drug-likeness (QED) is 0.362. The molecule has 1 aromatic carbocycles. The van der Waals surface area contributed by atoms with Crippen LogP contribution in [0.5, 0.6) is 0 Å². The minimum absolute atomic E-state index is 0.283. The average Bonchev–Trinajstić information content (AvgIpc) is 2.65. The standard InChI is InChI=1S/C16H23IN2S/c1-4-5-6-9-16(2,3)11-19-14-8-7-12(17)10-13(14)18-15(19)20/h7-8,10H,4-6,9,11H2,1-3H3,(H,18,20). The molecule has 1 N–H and O–H groups in total. The van der Waals surface area contributed by atoms with Crippen molar-refractivity contribution >= 4 is 45.8 Å². The molecule has 0 bridgehead atoms. The molecule has 2 rings (SSSR count). The SMILES string of the molecule is CCCCCC(C)(C)Cn1c(=S)[nH]c2cc(I)ccc21. The van der Waals surface area contributed by atoms with Crippen molar-refractivity contribution in [1.82, 2.24) is 9.55 Å². The molecule has 1 aromatic heterocycles. The van der Waals surface area contributed by atoms with Crippen LogP contribution in [0.2, 0.25) is 0 Å². The molecule has 0 atom stereocenters. The second kappa shape index (κ2) is 6.60. The van der Waals surface area contributed by atoms with Crippen molar-refractivity contribution in [3.63, 3.8) is 0 Å². The molecule has 0 amide bonds. The second-order valence-electron chi connectivity index (χ2n) is 6.30. The van der Waals surface area contributed by atoms with E-state index in [0.29, 0.717) is 0 Å². The van der Waals surface area contributed by atoms with Gasteiger partial charge in [0.05, 0.1) is 11.0 Å². The topological polar surface area (TPSA) is 20.7 Å². The number of fused-ring (bicyclic) bond motifs is 1. The number of nitrogens with zero attached hydrogens (tertiary/aromatic N) is 1. The van der Waals surface area contributed by atoms with E-state index in [-0.39, 0.29) is 5.41 Å². The van der Waals surface area contributed by atoms with E-state index in [4.69, 9.17) is 12.2 Å². The van der Waals surface area contributed by atoms with Crippen LogP contribution < -0.4 is 0 Å². The highest BCUT2D eigenvalue weighted by molar-refractivity contribution is 14.1. The zero-order valence-corrected chi connectivity index (χ0v) is 15.5. The Morgan fingerprint density at radius 3 is 2.75 bits per heavy atom. The lowest BCUT2D eigenvalue weighted by atomic mass is 9.87. The van der Waals surface area contributed by atoms with Crippen molar-refractivity contribution in [2.75, 3.05) is 0 Å². The van der Waals surface area contributed by atoms with Gasteiger partial charge in [0.15, 0.2) is 4.77 Å².